The van der Waals surface area contributed by atoms with E-state index in [1.54, 1.807) is 0 Å². The van der Waals surface area contributed by atoms with Crippen LogP contribution in [0, 0.1) is 34.5 Å². The normalized spacial score (nSPS) is 13.9. The van der Waals surface area contributed by atoms with Crippen molar-refractivity contribution in [1.82, 2.24) is 0 Å². The molecular weight excluding hydrogens is 184 g/mol. The van der Waals surface area contributed by atoms with Gasteiger partial charge in [-0.1, -0.05) is 44.2 Å². The summed E-state index contributed by atoms with van der Waals surface area (Å²) in [5.41, 5.74) is 0.931. The highest BCUT2D eigenvalue weighted by molar-refractivity contribution is 5.27. The van der Waals surface area contributed by atoms with E-state index >= 15 is 0 Å². The average molecular weight is 198 g/mol. The highest BCUT2D eigenvalue weighted by Crippen LogP contribution is 2.28. The van der Waals surface area contributed by atoms with Crippen LogP contribution < -0.4 is 0 Å². The summed E-state index contributed by atoms with van der Waals surface area (Å²) in [6, 6.07) is 14.0. The smallest absolute Gasteiger partial charge is 0.0873 e. The first kappa shape index (κ1) is 11.3. The van der Waals surface area contributed by atoms with Gasteiger partial charge in [-0.25, -0.2) is 0 Å². The van der Waals surface area contributed by atoms with Gasteiger partial charge in [-0.2, -0.15) is 10.5 Å². The Morgan fingerprint density at radius 1 is 1.00 bits per heavy atom. The molecule has 0 saturated carbocycles. The molecule has 0 unspecified atom stereocenters. The van der Waals surface area contributed by atoms with Crippen LogP contribution in [0.25, 0.3) is 0 Å². The van der Waals surface area contributed by atoms with Gasteiger partial charge in [-0.3, -0.25) is 0 Å². The number of hydrogen-bond donors (Lipinski definition) is 0. The van der Waals surface area contributed by atoms with Crippen LogP contribution in [-0.2, 0) is 0 Å². The lowest BCUT2D eigenvalue weighted by atomic mass is 9.81. The van der Waals surface area contributed by atoms with Crippen molar-refractivity contribution in [2.75, 3.05) is 0 Å². The van der Waals surface area contributed by atoms with Crippen molar-refractivity contribution in [1.29, 1.82) is 10.5 Å². The quantitative estimate of drug-likeness (QED) is 0.749. The first-order chi connectivity index (χ1) is 7.20. The third-order valence-electron chi connectivity index (χ3n) is 2.52. The summed E-state index contributed by atoms with van der Waals surface area (Å²) in [4.78, 5) is 0. The molecule has 1 aromatic rings. The Bertz CT molecular complexity index is 381. The van der Waals surface area contributed by atoms with Gasteiger partial charge in [0.1, 0.15) is 0 Å². The van der Waals surface area contributed by atoms with Crippen molar-refractivity contribution in [3.63, 3.8) is 0 Å². The fourth-order valence-electron chi connectivity index (χ4n) is 1.63. The van der Waals surface area contributed by atoms with Gasteiger partial charge in [-0.15, -0.1) is 0 Å². The Balaban J connectivity index is 3.01. The first-order valence-corrected chi connectivity index (χ1v) is 5.05. The summed E-state index contributed by atoms with van der Waals surface area (Å²) < 4.78 is 0. The molecule has 1 rings (SSSR count). The van der Waals surface area contributed by atoms with E-state index in [0.29, 0.717) is 0 Å². The molecule has 2 nitrogen and oxygen atoms in total. The van der Waals surface area contributed by atoms with Crippen molar-refractivity contribution in [3.05, 3.63) is 35.9 Å². The molecule has 15 heavy (non-hydrogen) atoms. The van der Waals surface area contributed by atoms with E-state index in [9.17, 15) is 0 Å². The van der Waals surface area contributed by atoms with Crippen molar-refractivity contribution < 1.29 is 0 Å². The van der Waals surface area contributed by atoms with E-state index < -0.39 is 0 Å². The fraction of sp³-hybridized carbons (Fsp3) is 0.385. The summed E-state index contributed by atoms with van der Waals surface area (Å²) >= 11 is 0. The van der Waals surface area contributed by atoms with E-state index in [4.69, 9.17) is 10.5 Å². The van der Waals surface area contributed by atoms with Crippen LogP contribution in [0.4, 0.5) is 0 Å². The van der Waals surface area contributed by atoms with Gasteiger partial charge in [0.15, 0.2) is 0 Å². The van der Waals surface area contributed by atoms with Gasteiger partial charge in [0.05, 0.1) is 24.0 Å². The minimum atomic E-state index is -0.323. The molecule has 0 saturated heterocycles. The van der Waals surface area contributed by atoms with Crippen molar-refractivity contribution in [2.24, 2.45) is 11.8 Å². The number of nitriles is 2. The second-order valence-corrected chi connectivity index (χ2v) is 3.92. The molecule has 0 heterocycles. The highest BCUT2D eigenvalue weighted by Gasteiger charge is 2.25. The minimum absolute atomic E-state index is 0.194. The Kier molecular flexibility index (Phi) is 3.89. The molecule has 2 heteroatoms. The number of benzene rings is 1. The second kappa shape index (κ2) is 5.17. The maximum Gasteiger partial charge on any atom is 0.0873 e. The Hall–Kier alpha value is -1.80. The average Bonchev–Trinajstić information content (AvgIpc) is 2.26. The maximum atomic E-state index is 9.13. The predicted octanol–water partition coefficient (Wildman–Crippen LogP) is 3.09. The monoisotopic (exact) mass is 198 g/mol. The van der Waals surface area contributed by atoms with E-state index in [2.05, 4.69) is 12.1 Å². The summed E-state index contributed by atoms with van der Waals surface area (Å²) in [5, 5.41) is 18.2. The molecule has 0 N–H and O–H groups in total. The third-order valence-corrected chi connectivity index (χ3v) is 2.52. The SMILES string of the molecule is CC(C)[C@@H](C#N)[C@H](C#N)c1ccccc1. The van der Waals surface area contributed by atoms with E-state index in [0.717, 1.165) is 5.56 Å². The van der Waals surface area contributed by atoms with E-state index in [-0.39, 0.29) is 17.8 Å². The fourth-order valence-corrected chi connectivity index (χ4v) is 1.63. The Morgan fingerprint density at radius 2 is 1.60 bits per heavy atom. The number of rotatable bonds is 3. The lowest BCUT2D eigenvalue weighted by Crippen LogP contribution is -2.15. The largest absolute Gasteiger partial charge is 0.198 e. The standard InChI is InChI=1S/C13H14N2/c1-10(2)12(8-14)13(9-15)11-6-4-3-5-7-11/h3-7,10,12-13H,1-2H3/t12-,13-/m1/s1. The van der Waals surface area contributed by atoms with E-state index in [1.807, 2.05) is 44.2 Å². The topological polar surface area (TPSA) is 47.6 Å². The second-order valence-electron chi connectivity index (χ2n) is 3.92. The van der Waals surface area contributed by atoms with Gasteiger partial charge in [-0.05, 0) is 11.5 Å². The zero-order valence-corrected chi connectivity index (χ0v) is 9.01. The van der Waals surface area contributed by atoms with Gasteiger partial charge < -0.3 is 0 Å². The molecule has 0 aliphatic rings. The van der Waals surface area contributed by atoms with Crippen LogP contribution in [0.2, 0.25) is 0 Å². The zero-order chi connectivity index (χ0) is 11.3. The van der Waals surface area contributed by atoms with Crippen molar-refractivity contribution in [2.45, 2.75) is 19.8 Å². The lowest BCUT2D eigenvalue weighted by Gasteiger charge is -2.18. The molecule has 1 aromatic carbocycles. The summed E-state index contributed by atoms with van der Waals surface area (Å²) in [6.45, 7) is 3.95. The molecule has 0 bridgehead atoms. The molecule has 2 atom stereocenters. The van der Waals surface area contributed by atoms with Crippen LogP contribution in [0.5, 0.6) is 0 Å². The summed E-state index contributed by atoms with van der Waals surface area (Å²) in [5.74, 6) is -0.367. The van der Waals surface area contributed by atoms with Gasteiger partial charge in [0.25, 0.3) is 0 Å². The Morgan fingerprint density at radius 3 is 2.00 bits per heavy atom. The van der Waals surface area contributed by atoms with Crippen LogP contribution in [-0.4, -0.2) is 0 Å². The molecule has 0 aromatic heterocycles. The molecule has 0 aliphatic heterocycles. The molecule has 76 valence electrons. The maximum absolute atomic E-state index is 9.13. The van der Waals surface area contributed by atoms with Gasteiger partial charge >= 0.3 is 0 Å². The third kappa shape index (κ3) is 2.58. The van der Waals surface area contributed by atoms with Crippen molar-refractivity contribution in [3.8, 4) is 12.1 Å². The molecule has 0 radical (unpaired) electrons. The first-order valence-electron chi connectivity index (χ1n) is 5.05. The molecule has 0 aliphatic carbocycles. The van der Waals surface area contributed by atoms with Crippen LogP contribution in [0.3, 0.4) is 0 Å². The number of hydrogen-bond acceptors (Lipinski definition) is 2. The van der Waals surface area contributed by atoms with Crippen LogP contribution in [0.15, 0.2) is 30.3 Å². The highest BCUT2D eigenvalue weighted by atomic mass is 14.4. The zero-order valence-electron chi connectivity index (χ0n) is 9.01. The number of nitrogens with zero attached hydrogens (tertiary/aromatic N) is 2. The van der Waals surface area contributed by atoms with Crippen LogP contribution in [0.1, 0.15) is 25.3 Å². The lowest BCUT2D eigenvalue weighted by molar-refractivity contribution is 0.443. The van der Waals surface area contributed by atoms with Gasteiger partial charge in [0, 0.05) is 0 Å². The molecular formula is C13H14N2. The molecule has 0 amide bonds. The van der Waals surface area contributed by atoms with Crippen LogP contribution >= 0.6 is 0 Å². The molecule has 0 fully saturated rings. The predicted molar refractivity (Wildman–Crippen MR) is 58.7 cm³/mol. The minimum Gasteiger partial charge on any atom is -0.198 e. The van der Waals surface area contributed by atoms with Crippen molar-refractivity contribution >= 4 is 0 Å². The molecule has 0 spiro atoms. The Labute approximate surface area is 90.8 Å². The summed E-state index contributed by atoms with van der Waals surface area (Å²) in [6.07, 6.45) is 0. The van der Waals surface area contributed by atoms with Gasteiger partial charge in [0.2, 0.25) is 0 Å². The van der Waals surface area contributed by atoms with E-state index in [1.165, 1.54) is 0 Å². The summed E-state index contributed by atoms with van der Waals surface area (Å²) in [7, 11) is 0.